The monoisotopic (exact) mass is 466 g/mol. The van der Waals surface area contributed by atoms with E-state index in [0.717, 1.165) is 11.6 Å². The summed E-state index contributed by atoms with van der Waals surface area (Å²) in [6.45, 7) is 0.132. The summed E-state index contributed by atoms with van der Waals surface area (Å²) < 4.78 is 16.9. The van der Waals surface area contributed by atoms with Crippen molar-refractivity contribution < 1.29 is 44.2 Å². The number of phenolic OH excluding ortho intramolecular Hbond substituents is 3. The molecule has 0 aromatic heterocycles. The topological polar surface area (TPSA) is 143 Å². The number of rotatable bonds is 3. The second-order valence-electron chi connectivity index (χ2n) is 9.23. The van der Waals surface area contributed by atoms with Gasteiger partial charge in [-0.3, -0.25) is 9.59 Å². The van der Waals surface area contributed by atoms with Gasteiger partial charge in [0, 0.05) is 29.9 Å². The predicted octanol–water partition coefficient (Wildman–Crippen LogP) is 2.02. The molecule has 0 amide bonds. The molecule has 6 atom stereocenters. The Balaban J connectivity index is 1.43. The van der Waals surface area contributed by atoms with E-state index in [1.807, 2.05) is 0 Å². The zero-order valence-electron chi connectivity index (χ0n) is 18.1. The second-order valence-corrected chi connectivity index (χ2v) is 9.23. The largest absolute Gasteiger partial charge is 0.508 e. The van der Waals surface area contributed by atoms with Crippen molar-refractivity contribution in [3.05, 3.63) is 53.1 Å². The summed E-state index contributed by atoms with van der Waals surface area (Å²) in [5.74, 6) is -5.20. The average Bonchev–Trinajstić information content (AvgIpc) is 3.12. The number of methoxy groups -OCH3 is 1. The maximum atomic E-state index is 13.3. The summed E-state index contributed by atoms with van der Waals surface area (Å²) in [4.78, 5) is 26.1. The van der Waals surface area contributed by atoms with Crippen LogP contribution in [0.2, 0.25) is 0 Å². The lowest BCUT2D eigenvalue weighted by Crippen LogP contribution is -2.59. The molecule has 5 aliphatic rings. The predicted molar refractivity (Wildman–Crippen MR) is 115 cm³/mol. The molecule has 4 N–H and O–H groups in total. The standard InChI is InChI=1S/C25H22O9/c1-32-19-4-10(2-3-15(19)27)21-13-7-12(23-14(21)9-33-25(23,31)24(13)30)18-8-17(29)22-16(28)5-11(26)6-20(22)34-18/h2-7,13-14,18,21,23,26-28,31H,8-9H2,1H3/t13-,14+,18-,21?,23?,25+/m1/s1. The fourth-order valence-corrected chi connectivity index (χ4v) is 6.14. The molecule has 2 aliphatic heterocycles. The Kier molecular flexibility index (Phi) is 4.31. The molecule has 9 heteroatoms. The molecule has 34 heavy (non-hydrogen) atoms. The Morgan fingerprint density at radius 2 is 1.88 bits per heavy atom. The molecular weight excluding hydrogens is 444 g/mol. The molecule has 4 bridgehead atoms. The molecule has 2 unspecified atom stereocenters. The quantitative estimate of drug-likeness (QED) is 0.500. The number of ketones is 2. The molecule has 2 fully saturated rings. The van der Waals surface area contributed by atoms with Gasteiger partial charge in [-0.2, -0.15) is 0 Å². The van der Waals surface area contributed by atoms with E-state index in [1.165, 1.54) is 19.2 Å². The zero-order chi connectivity index (χ0) is 23.9. The number of Topliss-reactive ketones (excluding diaryl/α,β-unsaturated/α-hetero) is 2. The first-order valence-electron chi connectivity index (χ1n) is 11.0. The molecule has 9 nitrogen and oxygen atoms in total. The summed E-state index contributed by atoms with van der Waals surface area (Å²) in [5.41, 5.74) is 1.36. The molecule has 0 radical (unpaired) electrons. The Bertz CT molecular complexity index is 1280. The van der Waals surface area contributed by atoms with Crippen LogP contribution in [-0.4, -0.2) is 57.6 Å². The first-order chi connectivity index (χ1) is 16.2. The van der Waals surface area contributed by atoms with Gasteiger partial charge in [0.05, 0.1) is 26.1 Å². The number of phenols is 3. The van der Waals surface area contributed by atoms with Crippen molar-refractivity contribution in [2.24, 2.45) is 17.8 Å². The Hall–Kier alpha value is -3.56. The average molecular weight is 466 g/mol. The minimum Gasteiger partial charge on any atom is -0.508 e. The summed E-state index contributed by atoms with van der Waals surface area (Å²) >= 11 is 0. The highest BCUT2D eigenvalue weighted by Gasteiger charge is 2.68. The number of aromatic hydroxyl groups is 3. The lowest BCUT2D eigenvalue weighted by atomic mass is 9.55. The van der Waals surface area contributed by atoms with Gasteiger partial charge in [0.2, 0.25) is 5.79 Å². The molecule has 2 heterocycles. The number of carbonyl (C=O) groups excluding carboxylic acids is 2. The lowest BCUT2D eigenvalue weighted by Gasteiger charge is -2.49. The highest BCUT2D eigenvalue weighted by Crippen LogP contribution is 2.61. The molecule has 7 rings (SSSR count). The van der Waals surface area contributed by atoms with Gasteiger partial charge in [0.15, 0.2) is 23.1 Å². The Morgan fingerprint density at radius 3 is 2.65 bits per heavy atom. The van der Waals surface area contributed by atoms with Crippen molar-refractivity contribution in [1.29, 1.82) is 0 Å². The fraction of sp³-hybridized carbons (Fsp3) is 0.360. The van der Waals surface area contributed by atoms with Gasteiger partial charge in [0.25, 0.3) is 0 Å². The van der Waals surface area contributed by atoms with Gasteiger partial charge in [0.1, 0.15) is 28.9 Å². The highest BCUT2D eigenvalue weighted by atomic mass is 16.6. The summed E-state index contributed by atoms with van der Waals surface area (Å²) in [7, 11) is 1.44. The molecule has 176 valence electrons. The van der Waals surface area contributed by atoms with E-state index in [0.29, 0.717) is 5.57 Å². The van der Waals surface area contributed by atoms with Crippen molar-refractivity contribution in [3.63, 3.8) is 0 Å². The van der Waals surface area contributed by atoms with Crippen LogP contribution in [0.5, 0.6) is 28.7 Å². The van der Waals surface area contributed by atoms with Crippen LogP contribution < -0.4 is 9.47 Å². The van der Waals surface area contributed by atoms with Crippen LogP contribution in [0.25, 0.3) is 0 Å². The normalized spacial score (nSPS) is 33.4. The minimum atomic E-state index is -2.01. The lowest BCUT2D eigenvalue weighted by molar-refractivity contribution is -0.205. The third-order valence-electron chi connectivity index (χ3n) is 7.53. The number of benzene rings is 2. The number of fused-ring (bicyclic) bond motifs is 1. The minimum absolute atomic E-state index is 0.00121. The number of ether oxygens (including phenoxy) is 3. The number of carbonyl (C=O) groups is 2. The van der Waals surface area contributed by atoms with E-state index in [9.17, 15) is 30.0 Å². The van der Waals surface area contributed by atoms with Crippen LogP contribution in [0.3, 0.4) is 0 Å². The fourth-order valence-electron chi connectivity index (χ4n) is 6.14. The first-order valence-corrected chi connectivity index (χ1v) is 11.0. The highest BCUT2D eigenvalue weighted by molar-refractivity contribution is 6.03. The van der Waals surface area contributed by atoms with Crippen LogP contribution in [-0.2, 0) is 9.53 Å². The van der Waals surface area contributed by atoms with E-state index >= 15 is 0 Å². The van der Waals surface area contributed by atoms with Gasteiger partial charge in [-0.25, -0.2) is 0 Å². The maximum absolute atomic E-state index is 13.3. The molecule has 2 aromatic rings. The van der Waals surface area contributed by atoms with Crippen LogP contribution in [0.1, 0.15) is 28.3 Å². The van der Waals surface area contributed by atoms with Crippen LogP contribution in [0.4, 0.5) is 0 Å². The van der Waals surface area contributed by atoms with Gasteiger partial charge in [-0.05, 0) is 23.3 Å². The maximum Gasteiger partial charge on any atom is 0.234 e. The van der Waals surface area contributed by atoms with Crippen molar-refractivity contribution in [3.8, 4) is 28.7 Å². The van der Waals surface area contributed by atoms with Crippen LogP contribution in [0, 0.1) is 17.8 Å². The molecule has 0 spiro atoms. The number of hydrogen-bond donors (Lipinski definition) is 4. The number of hydrogen-bond acceptors (Lipinski definition) is 9. The molecule has 2 aromatic carbocycles. The smallest absolute Gasteiger partial charge is 0.234 e. The second kappa shape index (κ2) is 6.97. The number of allylic oxidation sites excluding steroid dienone is 1. The van der Waals surface area contributed by atoms with E-state index in [4.69, 9.17) is 14.2 Å². The van der Waals surface area contributed by atoms with E-state index in [-0.39, 0.29) is 65.0 Å². The van der Waals surface area contributed by atoms with Crippen LogP contribution in [0.15, 0.2) is 42.0 Å². The van der Waals surface area contributed by atoms with Crippen molar-refractivity contribution >= 4 is 11.6 Å². The molecule has 3 aliphatic carbocycles. The molecular formula is C25H22O9. The third kappa shape index (κ3) is 2.68. The van der Waals surface area contributed by atoms with Crippen molar-refractivity contribution in [1.82, 2.24) is 0 Å². The summed E-state index contributed by atoms with van der Waals surface area (Å²) in [6, 6.07) is 7.25. The molecule has 1 saturated carbocycles. The zero-order valence-corrected chi connectivity index (χ0v) is 18.1. The number of aliphatic hydroxyl groups is 1. The summed E-state index contributed by atoms with van der Waals surface area (Å²) in [6.07, 6.45) is 0.880. The molecule has 1 saturated heterocycles. The van der Waals surface area contributed by atoms with Crippen molar-refractivity contribution in [2.45, 2.75) is 24.2 Å². The van der Waals surface area contributed by atoms with Gasteiger partial charge in [-0.15, -0.1) is 0 Å². The SMILES string of the molecule is COc1cc(C2[C@@H]3CO[C@]4(O)C(=O)[C@@H]2C=C([C@H]2CC(=O)c5c(O)cc(O)cc5O2)C34)ccc1O. The van der Waals surface area contributed by atoms with Gasteiger partial charge < -0.3 is 34.6 Å². The van der Waals surface area contributed by atoms with Gasteiger partial charge >= 0.3 is 0 Å². The van der Waals surface area contributed by atoms with E-state index < -0.39 is 29.5 Å². The Labute approximate surface area is 193 Å². The first kappa shape index (κ1) is 21.0. The van der Waals surface area contributed by atoms with Crippen LogP contribution >= 0.6 is 0 Å². The Morgan fingerprint density at radius 1 is 1.09 bits per heavy atom. The van der Waals surface area contributed by atoms with Crippen molar-refractivity contribution in [2.75, 3.05) is 13.7 Å². The third-order valence-corrected chi connectivity index (χ3v) is 7.53. The van der Waals surface area contributed by atoms with Gasteiger partial charge in [-0.1, -0.05) is 12.1 Å². The summed E-state index contributed by atoms with van der Waals surface area (Å²) in [5, 5.41) is 41.2. The van der Waals surface area contributed by atoms with E-state index in [2.05, 4.69) is 0 Å². The van der Waals surface area contributed by atoms with E-state index in [1.54, 1.807) is 18.2 Å².